The second-order valence-electron chi connectivity index (χ2n) is 4.18. The van der Waals surface area contributed by atoms with E-state index in [0.29, 0.717) is 5.95 Å². The minimum atomic E-state index is -0.420. The van der Waals surface area contributed by atoms with E-state index in [1.54, 1.807) is 0 Å². The molecule has 1 saturated heterocycles. The number of nitrogens with one attached hydrogen (secondary N) is 1. The summed E-state index contributed by atoms with van der Waals surface area (Å²) in [6, 6.07) is 0.221. The fourth-order valence-electron chi connectivity index (χ4n) is 1.82. The molecule has 1 aromatic heterocycles. The molecule has 2 rings (SSSR count). The van der Waals surface area contributed by atoms with Gasteiger partial charge in [-0.25, -0.2) is 14.4 Å². The molecule has 6 heteroatoms. The van der Waals surface area contributed by atoms with Crippen LogP contribution >= 0.6 is 0 Å². The summed E-state index contributed by atoms with van der Waals surface area (Å²) in [6.07, 6.45) is 2.33. The first-order valence-corrected chi connectivity index (χ1v) is 5.78. The number of ether oxygens (including phenoxy) is 1. The van der Waals surface area contributed by atoms with E-state index >= 15 is 0 Å². The van der Waals surface area contributed by atoms with Crippen LogP contribution in [-0.2, 0) is 4.74 Å². The van der Waals surface area contributed by atoms with Gasteiger partial charge in [-0.3, -0.25) is 4.90 Å². The van der Waals surface area contributed by atoms with Gasteiger partial charge in [0, 0.05) is 25.7 Å². The number of anilines is 1. The molecule has 0 radical (unpaired) electrons. The molecule has 1 fully saturated rings. The van der Waals surface area contributed by atoms with Gasteiger partial charge < -0.3 is 10.1 Å². The van der Waals surface area contributed by atoms with Gasteiger partial charge in [-0.2, -0.15) is 0 Å². The quantitative estimate of drug-likeness (QED) is 0.841. The third kappa shape index (κ3) is 3.90. The van der Waals surface area contributed by atoms with Crippen LogP contribution in [0.4, 0.5) is 10.3 Å². The maximum Gasteiger partial charge on any atom is 0.223 e. The molecule has 1 N–H and O–H groups in total. The number of morpholine rings is 1. The van der Waals surface area contributed by atoms with Gasteiger partial charge in [-0.1, -0.05) is 0 Å². The highest BCUT2D eigenvalue weighted by molar-refractivity contribution is 5.24. The molecule has 1 aromatic rings. The normalized spacial score (nSPS) is 18.9. The smallest absolute Gasteiger partial charge is 0.223 e. The maximum absolute atomic E-state index is 12.6. The van der Waals surface area contributed by atoms with Gasteiger partial charge in [0.15, 0.2) is 5.82 Å². The molecule has 0 aliphatic carbocycles. The molecular weight excluding hydrogens is 223 g/mol. The maximum atomic E-state index is 12.6. The Morgan fingerprint density at radius 3 is 2.71 bits per heavy atom. The Bertz CT molecular complexity index is 340. The summed E-state index contributed by atoms with van der Waals surface area (Å²) in [6.45, 7) is 6.46. The summed E-state index contributed by atoms with van der Waals surface area (Å²) < 4.78 is 17.9. The third-order valence-corrected chi connectivity index (χ3v) is 2.63. The van der Waals surface area contributed by atoms with Crippen LogP contribution in [0.15, 0.2) is 12.4 Å². The predicted octanol–water partition coefficient (Wildman–Crippen LogP) is 0.748. The summed E-state index contributed by atoms with van der Waals surface area (Å²) in [5, 5.41) is 3.15. The summed E-state index contributed by atoms with van der Waals surface area (Å²) in [7, 11) is 0. The molecule has 94 valence electrons. The van der Waals surface area contributed by atoms with E-state index in [4.69, 9.17) is 4.74 Å². The second kappa shape index (κ2) is 5.88. The van der Waals surface area contributed by atoms with Gasteiger partial charge in [-0.05, 0) is 6.92 Å². The van der Waals surface area contributed by atoms with Crippen LogP contribution < -0.4 is 5.32 Å². The SMILES string of the molecule is CC(CN1CCOCC1)Nc1ncc(F)cn1. The Labute approximate surface area is 100 Å². The van der Waals surface area contributed by atoms with Crippen LogP contribution in [0, 0.1) is 5.82 Å². The van der Waals surface area contributed by atoms with Gasteiger partial charge in [-0.15, -0.1) is 0 Å². The van der Waals surface area contributed by atoms with Crippen LogP contribution in [0.5, 0.6) is 0 Å². The molecule has 0 amide bonds. The molecule has 2 heterocycles. The summed E-state index contributed by atoms with van der Waals surface area (Å²) in [4.78, 5) is 10.1. The van der Waals surface area contributed by atoms with E-state index in [0.717, 1.165) is 45.2 Å². The van der Waals surface area contributed by atoms with Crippen LogP contribution in [-0.4, -0.2) is 53.8 Å². The lowest BCUT2D eigenvalue weighted by Crippen LogP contribution is -2.42. The first-order chi connectivity index (χ1) is 8.24. The van der Waals surface area contributed by atoms with Crippen molar-refractivity contribution in [1.29, 1.82) is 0 Å². The fourth-order valence-corrected chi connectivity index (χ4v) is 1.82. The predicted molar refractivity (Wildman–Crippen MR) is 62.3 cm³/mol. The first-order valence-electron chi connectivity index (χ1n) is 5.78. The Hall–Kier alpha value is -1.27. The highest BCUT2D eigenvalue weighted by Crippen LogP contribution is 2.04. The van der Waals surface area contributed by atoms with Crippen molar-refractivity contribution < 1.29 is 9.13 Å². The van der Waals surface area contributed by atoms with E-state index in [2.05, 4.69) is 27.1 Å². The zero-order valence-corrected chi connectivity index (χ0v) is 9.90. The highest BCUT2D eigenvalue weighted by Gasteiger charge is 2.13. The molecule has 1 aliphatic rings. The van der Waals surface area contributed by atoms with E-state index in [1.807, 2.05) is 0 Å². The number of aromatic nitrogens is 2. The van der Waals surface area contributed by atoms with Crippen molar-refractivity contribution in [2.24, 2.45) is 0 Å². The Balaban J connectivity index is 1.79. The van der Waals surface area contributed by atoms with E-state index in [9.17, 15) is 4.39 Å². The minimum Gasteiger partial charge on any atom is -0.379 e. The Morgan fingerprint density at radius 2 is 2.06 bits per heavy atom. The van der Waals surface area contributed by atoms with Crippen molar-refractivity contribution in [2.75, 3.05) is 38.2 Å². The Kier molecular flexibility index (Phi) is 4.22. The fraction of sp³-hybridized carbons (Fsp3) is 0.636. The van der Waals surface area contributed by atoms with Gasteiger partial charge in [0.25, 0.3) is 0 Å². The summed E-state index contributed by atoms with van der Waals surface area (Å²) in [5.41, 5.74) is 0. The molecule has 1 atom stereocenters. The number of halogens is 1. The summed E-state index contributed by atoms with van der Waals surface area (Å²) in [5.74, 6) is 0.0449. The lowest BCUT2D eigenvalue weighted by molar-refractivity contribution is 0.0368. The molecule has 0 spiro atoms. The number of rotatable bonds is 4. The topological polar surface area (TPSA) is 50.3 Å². The van der Waals surface area contributed by atoms with Crippen molar-refractivity contribution >= 4 is 5.95 Å². The van der Waals surface area contributed by atoms with Crippen molar-refractivity contribution in [3.63, 3.8) is 0 Å². The standard InChI is InChI=1S/C11H17FN4O/c1-9(8-16-2-4-17-5-3-16)15-11-13-6-10(12)7-14-11/h6-7,9H,2-5,8H2,1H3,(H,13,14,15). The molecule has 1 unspecified atom stereocenters. The van der Waals surface area contributed by atoms with Crippen molar-refractivity contribution in [2.45, 2.75) is 13.0 Å². The van der Waals surface area contributed by atoms with Crippen LogP contribution in [0.1, 0.15) is 6.92 Å². The van der Waals surface area contributed by atoms with E-state index in [1.165, 1.54) is 0 Å². The van der Waals surface area contributed by atoms with Crippen molar-refractivity contribution in [3.8, 4) is 0 Å². The van der Waals surface area contributed by atoms with Gasteiger partial charge in [0.05, 0.1) is 25.6 Å². The molecule has 0 aromatic carbocycles. The van der Waals surface area contributed by atoms with Gasteiger partial charge in [0.1, 0.15) is 0 Å². The highest BCUT2D eigenvalue weighted by atomic mass is 19.1. The average molecular weight is 240 g/mol. The summed E-state index contributed by atoms with van der Waals surface area (Å²) >= 11 is 0. The molecule has 5 nitrogen and oxygen atoms in total. The minimum absolute atomic E-state index is 0.221. The number of nitrogens with zero attached hydrogens (tertiary/aromatic N) is 3. The molecule has 0 bridgehead atoms. The monoisotopic (exact) mass is 240 g/mol. The molecule has 0 saturated carbocycles. The number of hydrogen-bond acceptors (Lipinski definition) is 5. The second-order valence-corrected chi connectivity index (χ2v) is 4.18. The zero-order chi connectivity index (χ0) is 12.1. The van der Waals surface area contributed by atoms with E-state index < -0.39 is 5.82 Å². The molecule has 1 aliphatic heterocycles. The van der Waals surface area contributed by atoms with Crippen molar-refractivity contribution in [1.82, 2.24) is 14.9 Å². The first kappa shape index (κ1) is 12.2. The Morgan fingerprint density at radius 1 is 1.41 bits per heavy atom. The van der Waals surface area contributed by atoms with Crippen LogP contribution in [0.2, 0.25) is 0 Å². The van der Waals surface area contributed by atoms with Crippen LogP contribution in [0.3, 0.4) is 0 Å². The number of hydrogen-bond donors (Lipinski definition) is 1. The molecular formula is C11H17FN4O. The lowest BCUT2D eigenvalue weighted by Gasteiger charge is -2.29. The van der Waals surface area contributed by atoms with Crippen LogP contribution in [0.25, 0.3) is 0 Å². The van der Waals surface area contributed by atoms with Crippen molar-refractivity contribution in [3.05, 3.63) is 18.2 Å². The largest absolute Gasteiger partial charge is 0.379 e. The van der Waals surface area contributed by atoms with Gasteiger partial charge >= 0.3 is 0 Å². The third-order valence-electron chi connectivity index (χ3n) is 2.63. The van der Waals surface area contributed by atoms with Gasteiger partial charge in [0.2, 0.25) is 5.95 Å². The lowest BCUT2D eigenvalue weighted by atomic mass is 10.3. The van der Waals surface area contributed by atoms with E-state index in [-0.39, 0.29) is 6.04 Å². The molecule has 17 heavy (non-hydrogen) atoms. The average Bonchev–Trinajstić information content (AvgIpc) is 2.33. The zero-order valence-electron chi connectivity index (χ0n) is 9.90.